The topological polar surface area (TPSA) is 161 Å². The number of nitrogens with one attached hydrogen (secondary N) is 5. The maximum Gasteiger partial charge on any atom is 0.272 e. The molecule has 3 amide bonds. The second-order valence-corrected chi connectivity index (χ2v) is 8.91. The van der Waals surface area contributed by atoms with Crippen molar-refractivity contribution in [3.05, 3.63) is 82.9 Å². The van der Waals surface area contributed by atoms with Gasteiger partial charge in [0, 0.05) is 43.6 Å². The molecule has 6 N–H and O–H groups in total. The van der Waals surface area contributed by atoms with E-state index >= 15 is 0 Å². The molecular weight excluding hydrogens is 498 g/mol. The number of fused-ring (bicyclic) bond motifs is 1. The van der Waals surface area contributed by atoms with Gasteiger partial charge in [0.2, 0.25) is 5.91 Å². The van der Waals surface area contributed by atoms with E-state index in [0.717, 1.165) is 22.4 Å². The first-order chi connectivity index (χ1) is 18.9. The number of aliphatic hydroxyl groups excluding tert-OH is 1. The number of aryl methyl sites for hydroxylation is 1. The summed E-state index contributed by atoms with van der Waals surface area (Å²) in [6.45, 7) is 4.72. The highest BCUT2D eigenvalue weighted by molar-refractivity contribution is 6.10. The first-order valence-corrected chi connectivity index (χ1v) is 12.6. The van der Waals surface area contributed by atoms with Gasteiger partial charge in [-0.3, -0.25) is 14.4 Å². The lowest BCUT2D eigenvalue weighted by atomic mass is 10.1. The van der Waals surface area contributed by atoms with Gasteiger partial charge in [0.1, 0.15) is 11.8 Å². The number of anilines is 2. The number of benzene rings is 2. The molecule has 11 nitrogen and oxygen atoms in total. The number of aromatic nitrogens is 3. The van der Waals surface area contributed by atoms with Gasteiger partial charge < -0.3 is 31.4 Å². The number of amides is 3. The molecule has 202 valence electrons. The fourth-order valence-electron chi connectivity index (χ4n) is 3.92. The van der Waals surface area contributed by atoms with Crippen molar-refractivity contribution in [1.29, 1.82) is 0 Å². The van der Waals surface area contributed by atoms with Crippen molar-refractivity contribution in [3.8, 4) is 0 Å². The van der Waals surface area contributed by atoms with Crippen molar-refractivity contribution in [2.24, 2.45) is 0 Å². The quantitative estimate of drug-likeness (QED) is 0.174. The van der Waals surface area contributed by atoms with Gasteiger partial charge in [-0.1, -0.05) is 31.2 Å². The Hall–Kier alpha value is -4.77. The van der Waals surface area contributed by atoms with Crippen molar-refractivity contribution in [1.82, 2.24) is 25.6 Å². The Balaban J connectivity index is 1.41. The number of rotatable bonds is 11. The highest BCUT2D eigenvalue weighted by Gasteiger charge is 2.19. The van der Waals surface area contributed by atoms with Gasteiger partial charge in [0.15, 0.2) is 5.69 Å². The van der Waals surface area contributed by atoms with E-state index in [2.05, 4.69) is 36.2 Å². The molecule has 0 aliphatic heterocycles. The standard InChI is InChI=1S/C28H31N7O4/c1-3-23(37)35-22-12-19(5-4-17(22)2)14-32-28(39)26-25-24(33-16-34-26)21(15-30-25)27(38)31-13-18-6-8-20(9-7-18)29-10-11-36/h4-9,12,15-16,29-30,36H,3,10-11,13-14H2,1-2H3,(H,31,38)(H,32,39)(H,35,37). The lowest BCUT2D eigenvalue weighted by Crippen LogP contribution is -2.25. The molecule has 4 rings (SSSR count). The second kappa shape index (κ2) is 12.7. The Kier molecular flexibility index (Phi) is 8.85. The van der Waals surface area contributed by atoms with Gasteiger partial charge in [-0.15, -0.1) is 0 Å². The smallest absolute Gasteiger partial charge is 0.272 e. The third kappa shape index (κ3) is 6.76. The molecule has 0 aliphatic rings. The molecule has 39 heavy (non-hydrogen) atoms. The van der Waals surface area contributed by atoms with Crippen LogP contribution in [0.3, 0.4) is 0 Å². The molecule has 0 radical (unpaired) electrons. The summed E-state index contributed by atoms with van der Waals surface area (Å²) in [5.74, 6) is -0.848. The van der Waals surface area contributed by atoms with E-state index in [9.17, 15) is 14.4 Å². The van der Waals surface area contributed by atoms with Crippen LogP contribution in [-0.2, 0) is 17.9 Å². The van der Waals surface area contributed by atoms with Gasteiger partial charge in [-0.25, -0.2) is 9.97 Å². The lowest BCUT2D eigenvalue weighted by molar-refractivity contribution is -0.115. The van der Waals surface area contributed by atoms with Crippen LogP contribution in [0.15, 0.2) is 55.0 Å². The van der Waals surface area contributed by atoms with Crippen LogP contribution in [0.25, 0.3) is 11.0 Å². The van der Waals surface area contributed by atoms with E-state index in [4.69, 9.17) is 5.11 Å². The van der Waals surface area contributed by atoms with Crippen LogP contribution in [0.2, 0.25) is 0 Å². The molecule has 0 aliphatic carbocycles. The number of aliphatic hydroxyl groups is 1. The van der Waals surface area contributed by atoms with Gasteiger partial charge in [0.25, 0.3) is 11.8 Å². The number of hydrogen-bond donors (Lipinski definition) is 6. The molecule has 4 aromatic rings. The summed E-state index contributed by atoms with van der Waals surface area (Å²) in [5, 5.41) is 20.6. The molecule has 11 heteroatoms. The van der Waals surface area contributed by atoms with Crippen molar-refractivity contribution in [2.75, 3.05) is 23.8 Å². The van der Waals surface area contributed by atoms with Crippen LogP contribution in [0.1, 0.15) is 50.9 Å². The highest BCUT2D eigenvalue weighted by atomic mass is 16.3. The monoisotopic (exact) mass is 529 g/mol. The normalized spacial score (nSPS) is 10.7. The van der Waals surface area contributed by atoms with E-state index in [-0.39, 0.29) is 30.7 Å². The van der Waals surface area contributed by atoms with Crippen LogP contribution in [-0.4, -0.2) is 50.9 Å². The number of aromatic amines is 1. The summed E-state index contributed by atoms with van der Waals surface area (Å²) in [7, 11) is 0. The van der Waals surface area contributed by atoms with Crippen LogP contribution >= 0.6 is 0 Å². The van der Waals surface area contributed by atoms with E-state index < -0.39 is 5.91 Å². The molecule has 2 heterocycles. The Labute approximate surface area is 225 Å². The van der Waals surface area contributed by atoms with Crippen molar-refractivity contribution >= 4 is 40.1 Å². The molecule has 0 saturated carbocycles. The van der Waals surface area contributed by atoms with Gasteiger partial charge in [0.05, 0.1) is 17.7 Å². The Morgan fingerprint density at radius 2 is 1.67 bits per heavy atom. The highest BCUT2D eigenvalue weighted by Crippen LogP contribution is 2.20. The van der Waals surface area contributed by atoms with E-state index in [1.165, 1.54) is 12.5 Å². The van der Waals surface area contributed by atoms with Crippen LogP contribution < -0.4 is 21.3 Å². The number of carbonyl (C=O) groups is 3. The van der Waals surface area contributed by atoms with Crippen molar-refractivity contribution in [3.63, 3.8) is 0 Å². The second-order valence-electron chi connectivity index (χ2n) is 8.91. The average molecular weight is 530 g/mol. The van der Waals surface area contributed by atoms with Crippen LogP contribution in [0, 0.1) is 6.92 Å². The SMILES string of the molecule is CCC(=O)Nc1cc(CNC(=O)c2ncnc3c(C(=O)NCc4ccc(NCCO)cc4)c[nH]c23)ccc1C. The Morgan fingerprint density at radius 1 is 0.949 bits per heavy atom. The third-order valence-electron chi connectivity index (χ3n) is 6.12. The zero-order chi connectivity index (χ0) is 27.8. The fraction of sp³-hybridized carbons (Fsp3) is 0.250. The van der Waals surface area contributed by atoms with Gasteiger partial charge >= 0.3 is 0 Å². The van der Waals surface area contributed by atoms with Gasteiger partial charge in [-0.05, 0) is 41.8 Å². The Morgan fingerprint density at radius 3 is 2.41 bits per heavy atom. The van der Waals surface area contributed by atoms with Crippen molar-refractivity contribution < 1.29 is 19.5 Å². The summed E-state index contributed by atoms with van der Waals surface area (Å²) in [5.41, 5.74) is 5.35. The van der Waals surface area contributed by atoms with Crippen molar-refractivity contribution in [2.45, 2.75) is 33.4 Å². The minimum absolute atomic E-state index is 0.0446. The maximum absolute atomic E-state index is 13.0. The zero-order valence-corrected chi connectivity index (χ0v) is 21.8. The van der Waals surface area contributed by atoms with Crippen LogP contribution in [0.5, 0.6) is 0 Å². The fourth-order valence-corrected chi connectivity index (χ4v) is 3.92. The molecule has 0 atom stereocenters. The molecule has 0 spiro atoms. The minimum atomic E-state index is -0.425. The first-order valence-electron chi connectivity index (χ1n) is 12.6. The summed E-state index contributed by atoms with van der Waals surface area (Å²) < 4.78 is 0. The molecule has 0 unspecified atom stereocenters. The number of nitrogens with zero attached hydrogens (tertiary/aromatic N) is 2. The van der Waals surface area contributed by atoms with Crippen LogP contribution in [0.4, 0.5) is 11.4 Å². The maximum atomic E-state index is 13.0. The summed E-state index contributed by atoms with van der Waals surface area (Å²) in [4.78, 5) is 49.0. The predicted octanol–water partition coefficient (Wildman–Crippen LogP) is 2.88. The van der Waals surface area contributed by atoms with Gasteiger partial charge in [-0.2, -0.15) is 0 Å². The van der Waals surface area contributed by atoms with E-state index in [1.54, 1.807) is 6.92 Å². The minimum Gasteiger partial charge on any atom is -0.395 e. The van der Waals surface area contributed by atoms with E-state index in [0.29, 0.717) is 41.8 Å². The number of H-pyrrole nitrogens is 1. The summed E-state index contributed by atoms with van der Waals surface area (Å²) in [6.07, 6.45) is 3.14. The molecule has 2 aromatic heterocycles. The third-order valence-corrected chi connectivity index (χ3v) is 6.12. The molecule has 2 aromatic carbocycles. The Bertz CT molecular complexity index is 1480. The number of carbonyl (C=O) groups excluding carboxylic acids is 3. The molecular formula is C28H31N7O4. The predicted molar refractivity (Wildman–Crippen MR) is 148 cm³/mol. The molecule has 0 bridgehead atoms. The lowest BCUT2D eigenvalue weighted by Gasteiger charge is -2.11. The zero-order valence-electron chi connectivity index (χ0n) is 21.8. The summed E-state index contributed by atoms with van der Waals surface area (Å²) in [6, 6.07) is 13.1. The summed E-state index contributed by atoms with van der Waals surface area (Å²) >= 11 is 0. The average Bonchev–Trinajstić information content (AvgIpc) is 3.40. The number of hydrogen-bond acceptors (Lipinski definition) is 7. The van der Waals surface area contributed by atoms with E-state index in [1.807, 2.05) is 49.4 Å². The molecule has 0 saturated heterocycles. The largest absolute Gasteiger partial charge is 0.395 e. The first kappa shape index (κ1) is 27.3. The molecule has 0 fully saturated rings.